The van der Waals surface area contributed by atoms with Crippen molar-refractivity contribution in [2.45, 2.75) is 38.3 Å². The molecule has 0 aliphatic carbocycles. The first kappa shape index (κ1) is 26.3. The lowest BCUT2D eigenvalue weighted by Crippen LogP contribution is -2.43. The number of aliphatic hydroxyl groups excluding tert-OH is 1. The average Bonchev–Trinajstić information content (AvgIpc) is 3.22. The third-order valence-electron chi connectivity index (χ3n) is 6.29. The van der Waals surface area contributed by atoms with Crippen LogP contribution in [0.15, 0.2) is 63.1 Å². The van der Waals surface area contributed by atoms with Gasteiger partial charge in [-0.05, 0) is 29.2 Å². The number of likely N-dealkylation sites (N-methyl/N-ethyl adjacent to an activating group) is 1. The van der Waals surface area contributed by atoms with E-state index in [1.807, 2.05) is 20.8 Å². The van der Waals surface area contributed by atoms with E-state index < -0.39 is 33.2 Å². The average molecular weight is 529 g/mol. The number of hydrogen-bond acceptors (Lipinski definition) is 6. The fourth-order valence-corrected chi connectivity index (χ4v) is 5.95. The molecule has 0 bridgehead atoms. The second kappa shape index (κ2) is 9.29. The van der Waals surface area contributed by atoms with Gasteiger partial charge in [-0.1, -0.05) is 45.0 Å². The fraction of sp³-hybridized carbons (Fsp3) is 0.346. The van der Waals surface area contributed by atoms with E-state index in [0.29, 0.717) is 5.56 Å². The fourth-order valence-electron chi connectivity index (χ4n) is 4.57. The Morgan fingerprint density at radius 2 is 1.81 bits per heavy atom. The maximum atomic E-state index is 13.7. The largest absolute Gasteiger partial charge is 0.509 e. The number of nitrogens with zero attached hydrogens (tertiary/aromatic N) is 3. The molecule has 196 valence electrons. The highest BCUT2D eigenvalue weighted by Crippen LogP contribution is 2.42. The normalized spacial score (nSPS) is 18.6. The number of aliphatic hydroxyl groups is 1. The van der Waals surface area contributed by atoms with Crippen LogP contribution in [0.2, 0.25) is 0 Å². The van der Waals surface area contributed by atoms with Gasteiger partial charge in [-0.2, -0.15) is 12.8 Å². The molecule has 0 spiro atoms. The van der Waals surface area contributed by atoms with E-state index in [1.165, 1.54) is 34.1 Å². The number of fused-ring (bicyclic) bond motifs is 1. The predicted octanol–water partition coefficient (Wildman–Crippen LogP) is 3.09. The topological polar surface area (TPSA) is 119 Å². The lowest BCUT2D eigenvalue weighted by molar-refractivity contribution is -0.129. The van der Waals surface area contributed by atoms with Gasteiger partial charge in [-0.25, -0.2) is 4.39 Å². The van der Waals surface area contributed by atoms with Gasteiger partial charge in [-0.15, -0.1) is 0 Å². The third-order valence-corrected chi connectivity index (χ3v) is 7.67. The molecule has 2 amide bonds. The van der Waals surface area contributed by atoms with E-state index in [9.17, 15) is 27.5 Å². The van der Waals surface area contributed by atoms with Crippen LogP contribution in [-0.2, 0) is 26.2 Å². The van der Waals surface area contributed by atoms with Crippen LogP contribution >= 0.6 is 0 Å². The van der Waals surface area contributed by atoms with Gasteiger partial charge in [0.15, 0.2) is 0 Å². The Bertz CT molecular complexity index is 1440. The highest BCUT2D eigenvalue weighted by molar-refractivity contribution is 7.91. The van der Waals surface area contributed by atoms with Crippen molar-refractivity contribution in [2.24, 2.45) is 9.81 Å². The van der Waals surface area contributed by atoms with Crippen LogP contribution < -0.4 is 5.32 Å². The number of rotatable bonds is 6. The number of hydrogen-bond donors (Lipinski definition) is 2. The standard InChI is InChI=1S/C26H29FN4O5S/c1-26(2,3)24-22(33)20(25(34)31(24)14-15-9-11-16(27)12-10-15)21-17-7-6-8-18(23(17)37(35,36)29-21)28-13-19(32)30(4)5/h6-12,24,28,33H,13-14H2,1-5H3/t24-/m1/s1. The Labute approximate surface area is 215 Å². The van der Waals surface area contributed by atoms with Gasteiger partial charge in [0.2, 0.25) is 5.91 Å². The maximum Gasteiger partial charge on any atom is 0.285 e. The highest BCUT2D eigenvalue weighted by Gasteiger charge is 2.49. The number of benzene rings is 2. The number of carbonyl (C=O) groups excluding carboxylic acids is 2. The van der Waals surface area contributed by atoms with Crippen molar-refractivity contribution < 1.29 is 27.5 Å². The number of sulfonamides is 1. The Balaban J connectivity index is 1.77. The van der Waals surface area contributed by atoms with Crippen molar-refractivity contribution >= 4 is 33.2 Å². The Morgan fingerprint density at radius 3 is 2.41 bits per heavy atom. The molecule has 0 fully saturated rings. The summed E-state index contributed by atoms with van der Waals surface area (Å²) in [6, 6.07) is 9.53. The van der Waals surface area contributed by atoms with Crippen LogP contribution in [0.5, 0.6) is 0 Å². The van der Waals surface area contributed by atoms with E-state index in [0.717, 1.165) is 0 Å². The molecule has 2 aromatic rings. The molecule has 2 aliphatic rings. The quantitative estimate of drug-likeness (QED) is 0.595. The van der Waals surface area contributed by atoms with Crippen LogP contribution in [0.25, 0.3) is 0 Å². The molecule has 11 heteroatoms. The first-order valence-electron chi connectivity index (χ1n) is 11.6. The molecule has 9 nitrogen and oxygen atoms in total. The minimum atomic E-state index is -4.23. The zero-order valence-corrected chi connectivity index (χ0v) is 22.1. The summed E-state index contributed by atoms with van der Waals surface area (Å²) < 4.78 is 43.6. The molecule has 2 aliphatic heterocycles. The number of carbonyl (C=O) groups is 2. The molecule has 2 heterocycles. The number of halogens is 1. The lowest BCUT2D eigenvalue weighted by Gasteiger charge is -2.35. The molecular formula is C26H29FN4O5S. The molecule has 0 unspecified atom stereocenters. The third kappa shape index (κ3) is 4.83. The first-order valence-corrected chi connectivity index (χ1v) is 13.1. The Kier molecular flexibility index (Phi) is 6.61. The van der Waals surface area contributed by atoms with Crippen LogP contribution in [-0.4, -0.2) is 67.5 Å². The molecule has 2 aromatic carbocycles. The summed E-state index contributed by atoms with van der Waals surface area (Å²) in [5.41, 5.74) is 0.0394. The first-order chi connectivity index (χ1) is 17.2. The van der Waals surface area contributed by atoms with Crippen molar-refractivity contribution in [3.05, 3.63) is 70.7 Å². The van der Waals surface area contributed by atoms with Gasteiger partial charge in [0, 0.05) is 26.2 Å². The maximum absolute atomic E-state index is 13.7. The summed E-state index contributed by atoms with van der Waals surface area (Å²) in [7, 11) is -1.06. The zero-order valence-electron chi connectivity index (χ0n) is 21.2. The van der Waals surface area contributed by atoms with E-state index in [-0.39, 0.29) is 52.2 Å². The minimum Gasteiger partial charge on any atom is -0.509 e. The van der Waals surface area contributed by atoms with Crippen molar-refractivity contribution in [3.8, 4) is 0 Å². The van der Waals surface area contributed by atoms with Gasteiger partial charge in [0.1, 0.15) is 27.8 Å². The van der Waals surface area contributed by atoms with Gasteiger partial charge in [0.25, 0.3) is 15.9 Å². The van der Waals surface area contributed by atoms with E-state index >= 15 is 0 Å². The van der Waals surface area contributed by atoms with E-state index in [1.54, 1.807) is 32.3 Å². The summed E-state index contributed by atoms with van der Waals surface area (Å²) in [6.07, 6.45) is 0. The highest BCUT2D eigenvalue weighted by atomic mass is 32.2. The number of nitrogens with one attached hydrogen (secondary N) is 1. The molecule has 37 heavy (non-hydrogen) atoms. The van der Waals surface area contributed by atoms with Crippen molar-refractivity contribution in [2.75, 3.05) is 26.0 Å². The molecule has 0 saturated heterocycles. The lowest BCUT2D eigenvalue weighted by atomic mass is 9.84. The second-order valence-corrected chi connectivity index (χ2v) is 11.9. The Morgan fingerprint density at radius 1 is 1.16 bits per heavy atom. The van der Waals surface area contributed by atoms with Crippen molar-refractivity contribution in [1.29, 1.82) is 0 Å². The molecule has 1 atom stereocenters. The number of amides is 2. The van der Waals surface area contributed by atoms with Crippen molar-refractivity contribution in [3.63, 3.8) is 0 Å². The van der Waals surface area contributed by atoms with Gasteiger partial charge in [0.05, 0.1) is 18.3 Å². The molecular weight excluding hydrogens is 499 g/mol. The van der Waals surface area contributed by atoms with Crippen LogP contribution in [0.1, 0.15) is 31.9 Å². The van der Waals surface area contributed by atoms with Gasteiger partial charge < -0.3 is 20.2 Å². The summed E-state index contributed by atoms with van der Waals surface area (Å²) in [4.78, 5) is 28.4. The molecule has 4 rings (SSSR count). The SMILES string of the molecule is CN(C)C(=O)CNc1cccc2c1S(=O)(=O)N=C2C1=C(O)[C@H](C(C)(C)C)N(Cc2ccc(F)cc2)C1=O. The molecule has 0 aromatic heterocycles. The monoisotopic (exact) mass is 528 g/mol. The number of anilines is 1. The van der Waals surface area contributed by atoms with Gasteiger partial charge >= 0.3 is 0 Å². The summed E-state index contributed by atoms with van der Waals surface area (Å²) in [6.45, 7) is 5.50. The van der Waals surface area contributed by atoms with E-state index in [2.05, 4.69) is 9.71 Å². The van der Waals surface area contributed by atoms with Gasteiger partial charge in [-0.3, -0.25) is 9.59 Å². The predicted molar refractivity (Wildman–Crippen MR) is 137 cm³/mol. The second-order valence-electron chi connectivity index (χ2n) is 10.3. The van der Waals surface area contributed by atoms with Crippen LogP contribution in [0.4, 0.5) is 10.1 Å². The molecule has 2 N–H and O–H groups in total. The zero-order chi connectivity index (χ0) is 27.3. The smallest absolute Gasteiger partial charge is 0.285 e. The summed E-state index contributed by atoms with van der Waals surface area (Å²) in [5, 5.41) is 14.2. The van der Waals surface area contributed by atoms with Crippen molar-refractivity contribution in [1.82, 2.24) is 9.80 Å². The summed E-state index contributed by atoms with van der Waals surface area (Å²) in [5.74, 6) is -1.53. The molecule has 0 saturated carbocycles. The molecule has 0 radical (unpaired) electrons. The summed E-state index contributed by atoms with van der Waals surface area (Å²) >= 11 is 0. The Hall–Kier alpha value is -3.73. The minimum absolute atomic E-state index is 0.0791. The van der Waals surface area contributed by atoms with Crippen LogP contribution in [0.3, 0.4) is 0 Å². The van der Waals surface area contributed by atoms with Crippen LogP contribution in [0, 0.1) is 11.2 Å². The van der Waals surface area contributed by atoms with E-state index in [4.69, 9.17) is 0 Å².